The molecule has 0 aliphatic heterocycles. The van der Waals surface area contributed by atoms with E-state index in [9.17, 15) is 12.8 Å². The van der Waals surface area contributed by atoms with E-state index in [1.54, 1.807) is 24.3 Å². The monoisotopic (exact) mass is 299 g/mol. The molecule has 0 aliphatic carbocycles. The maximum Gasteiger partial charge on any atom is 0.184 e. The molecule has 0 atom stereocenters. The molecule has 0 aliphatic rings. The molecular weight excluding hydrogens is 289 g/mol. The zero-order chi connectivity index (χ0) is 14.0. The number of anilines is 1. The lowest BCUT2D eigenvalue weighted by atomic mass is 10.2. The van der Waals surface area contributed by atoms with Crippen LogP contribution >= 0.6 is 11.6 Å². The Kier molecular flexibility index (Phi) is 3.78. The quantitative estimate of drug-likeness (QED) is 0.700. The summed E-state index contributed by atoms with van der Waals surface area (Å²) in [6, 6.07) is 9.78. The van der Waals surface area contributed by atoms with Crippen LogP contribution in [0.25, 0.3) is 0 Å². The number of sulfone groups is 1. The van der Waals surface area contributed by atoms with E-state index in [4.69, 9.17) is 17.3 Å². The van der Waals surface area contributed by atoms with Gasteiger partial charge in [-0.2, -0.15) is 0 Å². The highest BCUT2D eigenvalue weighted by atomic mass is 35.5. The van der Waals surface area contributed by atoms with E-state index in [0.717, 1.165) is 12.1 Å². The van der Waals surface area contributed by atoms with Crippen molar-refractivity contribution in [2.45, 2.75) is 10.6 Å². The molecule has 100 valence electrons. The minimum absolute atomic E-state index is 0.0751. The molecule has 3 nitrogen and oxygen atoms in total. The van der Waals surface area contributed by atoms with Gasteiger partial charge in [-0.05, 0) is 35.9 Å². The fourth-order valence-corrected chi connectivity index (χ4v) is 3.41. The second-order valence-corrected chi connectivity index (χ2v) is 6.47. The van der Waals surface area contributed by atoms with E-state index >= 15 is 0 Å². The first kappa shape index (κ1) is 13.8. The predicted octanol–water partition coefficient (Wildman–Crippen LogP) is 3.04. The Balaban J connectivity index is 2.38. The van der Waals surface area contributed by atoms with Crippen LogP contribution in [0.3, 0.4) is 0 Å². The number of rotatable bonds is 3. The van der Waals surface area contributed by atoms with Crippen LogP contribution in [0.15, 0.2) is 47.4 Å². The summed E-state index contributed by atoms with van der Waals surface area (Å²) in [7, 11) is -3.63. The van der Waals surface area contributed by atoms with E-state index in [1.807, 2.05) is 0 Å². The van der Waals surface area contributed by atoms with Crippen molar-refractivity contribution in [3.05, 3.63) is 58.9 Å². The number of nitrogen functional groups attached to an aromatic ring is 1. The molecule has 0 radical (unpaired) electrons. The Morgan fingerprint density at radius 3 is 2.53 bits per heavy atom. The Morgan fingerprint density at radius 2 is 1.89 bits per heavy atom. The summed E-state index contributed by atoms with van der Waals surface area (Å²) in [5.74, 6) is -0.803. The third-order valence-electron chi connectivity index (χ3n) is 2.55. The largest absolute Gasteiger partial charge is 0.398 e. The molecule has 2 aromatic carbocycles. The maximum absolute atomic E-state index is 12.9. The third kappa shape index (κ3) is 3.24. The highest BCUT2D eigenvalue weighted by molar-refractivity contribution is 7.90. The second-order valence-electron chi connectivity index (χ2n) is 4.07. The van der Waals surface area contributed by atoms with Gasteiger partial charge in [-0.25, -0.2) is 12.8 Å². The van der Waals surface area contributed by atoms with E-state index in [1.165, 1.54) is 6.07 Å². The molecular formula is C13H11ClFNO2S. The third-order valence-corrected chi connectivity index (χ3v) is 4.54. The molecule has 0 unspecified atom stereocenters. The summed E-state index contributed by atoms with van der Waals surface area (Å²) in [4.78, 5) is -0.0751. The minimum Gasteiger partial charge on any atom is -0.398 e. The fraction of sp³-hybridized carbons (Fsp3) is 0.0769. The van der Waals surface area contributed by atoms with Gasteiger partial charge in [-0.15, -0.1) is 0 Å². The van der Waals surface area contributed by atoms with Gasteiger partial charge in [0.1, 0.15) is 5.82 Å². The first-order valence-electron chi connectivity index (χ1n) is 5.41. The zero-order valence-corrected chi connectivity index (χ0v) is 11.4. The summed E-state index contributed by atoms with van der Waals surface area (Å²) in [5.41, 5.74) is 6.00. The summed E-state index contributed by atoms with van der Waals surface area (Å²) in [6.07, 6.45) is 0. The highest BCUT2D eigenvalue weighted by Crippen LogP contribution is 2.24. The molecule has 2 N–H and O–H groups in total. The Bertz CT molecular complexity index is 716. The van der Waals surface area contributed by atoms with Gasteiger partial charge in [0.05, 0.1) is 16.3 Å². The van der Waals surface area contributed by atoms with E-state index in [0.29, 0.717) is 10.6 Å². The smallest absolute Gasteiger partial charge is 0.184 e. The van der Waals surface area contributed by atoms with Crippen LogP contribution in [-0.2, 0) is 15.6 Å². The maximum atomic E-state index is 12.9. The molecule has 0 aromatic heterocycles. The van der Waals surface area contributed by atoms with Crippen molar-refractivity contribution in [3.63, 3.8) is 0 Å². The van der Waals surface area contributed by atoms with Crippen LogP contribution in [-0.4, -0.2) is 8.42 Å². The summed E-state index contributed by atoms with van der Waals surface area (Å²) in [6.45, 7) is 0. The standard InChI is InChI=1S/C13H11ClFNO2S/c14-10-3-1-2-9(6-10)8-19(17,18)13-5-4-11(15)7-12(13)16/h1-7H,8,16H2. The molecule has 0 spiro atoms. The van der Waals surface area contributed by atoms with Crippen molar-refractivity contribution in [1.29, 1.82) is 0 Å². The number of hydrogen-bond donors (Lipinski definition) is 1. The first-order chi connectivity index (χ1) is 8.88. The predicted molar refractivity (Wildman–Crippen MR) is 73.2 cm³/mol. The summed E-state index contributed by atoms with van der Waals surface area (Å²) >= 11 is 5.80. The Hall–Kier alpha value is -1.59. The van der Waals surface area contributed by atoms with Crippen molar-refractivity contribution in [1.82, 2.24) is 0 Å². The van der Waals surface area contributed by atoms with Crippen LogP contribution in [0.2, 0.25) is 5.02 Å². The lowest BCUT2D eigenvalue weighted by molar-refractivity contribution is 0.594. The molecule has 0 heterocycles. The molecule has 0 amide bonds. The average Bonchev–Trinajstić information content (AvgIpc) is 2.27. The van der Waals surface area contributed by atoms with Gasteiger partial charge < -0.3 is 5.73 Å². The molecule has 0 bridgehead atoms. The van der Waals surface area contributed by atoms with Crippen molar-refractivity contribution in [2.75, 3.05) is 5.73 Å². The molecule has 0 fully saturated rings. The highest BCUT2D eigenvalue weighted by Gasteiger charge is 2.18. The van der Waals surface area contributed by atoms with Crippen molar-refractivity contribution < 1.29 is 12.8 Å². The SMILES string of the molecule is Nc1cc(F)ccc1S(=O)(=O)Cc1cccc(Cl)c1. The lowest BCUT2D eigenvalue weighted by Crippen LogP contribution is -2.08. The van der Waals surface area contributed by atoms with Gasteiger partial charge >= 0.3 is 0 Å². The zero-order valence-electron chi connectivity index (χ0n) is 9.81. The van der Waals surface area contributed by atoms with Gasteiger partial charge in [-0.3, -0.25) is 0 Å². The number of hydrogen-bond acceptors (Lipinski definition) is 3. The van der Waals surface area contributed by atoms with Crippen LogP contribution in [0.5, 0.6) is 0 Å². The molecule has 19 heavy (non-hydrogen) atoms. The summed E-state index contributed by atoms with van der Waals surface area (Å²) in [5, 5.41) is 0.458. The number of halogens is 2. The lowest BCUT2D eigenvalue weighted by Gasteiger charge is -2.08. The van der Waals surface area contributed by atoms with Crippen LogP contribution < -0.4 is 5.73 Å². The van der Waals surface area contributed by atoms with Crippen molar-refractivity contribution in [3.8, 4) is 0 Å². The topological polar surface area (TPSA) is 60.2 Å². The minimum atomic E-state index is -3.63. The normalized spacial score (nSPS) is 11.5. The number of benzene rings is 2. The Labute approximate surface area is 115 Å². The Morgan fingerprint density at radius 1 is 1.16 bits per heavy atom. The molecule has 2 aromatic rings. The van der Waals surface area contributed by atoms with E-state index in [-0.39, 0.29) is 16.3 Å². The van der Waals surface area contributed by atoms with Crippen molar-refractivity contribution >= 4 is 27.1 Å². The number of nitrogens with two attached hydrogens (primary N) is 1. The summed E-state index contributed by atoms with van der Waals surface area (Å²) < 4.78 is 37.3. The van der Waals surface area contributed by atoms with Crippen LogP contribution in [0.4, 0.5) is 10.1 Å². The van der Waals surface area contributed by atoms with Gasteiger partial charge in [0.25, 0.3) is 0 Å². The van der Waals surface area contributed by atoms with Crippen LogP contribution in [0.1, 0.15) is 5.56 Å². The van der Waals surface area contributed by atoms with Gasteiger partial charge in [-0.1, -0.05) is 23.7 Å². The van der Waals surface area contributed by atoms with Crippen LogP contribution in [0, 0.1) is 5.82 Å². The molecule has 2 rings (SSSR count). The van der Waals surface area contributed by atoms with Gasteiger partial charge in [0.15, 0.2) is 9.84 Å². The average molecular weight is 300 g/mol. The van der Waals surface area contributed by atoms with Gasteiger partial charge in [0.2, 0.25) is 0 Å². The first-order valence-corrected chi connectivity index (χ1v) is 7.44. The van der Waals surface area contributed by atoms with E-state index in [2.05, 4.69) is 0 Å². The van der Waals surface area contributed by atoms with Gasteiger partial charge in [0, 0.05) is 5.02 Å². The van der Waals surface area contributed by atoms with Crippen molar-refractivity contribution in [2.24, 2.45) is 0 Å². The van der Waals surface area contributed by atoms with E-state index < -0.39 is 15.7 Å². The molecule has 0 saturated heterocycles. The molecule has 6 heteroatoms. The second kappa shape index (κ2) is 5.19. The fourth-order valence-electron chi connectivity index (χ4n) is 1.73. The molecule has 0 saturated carbocycles.